The zero-order chi connectivity index (χ0) is 19.2. The van der Waals surface area contributed by atoms with E-state index in [1.54, 1.807) is 12.3 Å². The molecule has 0 unspecified atom stereocenters. The fourth-order valence-electron chi connectivity index (χ4n) is 3.39. The predicted molar refractivity (Wildman–Crippen MR) is 94.4 cm³/mol. The highest BCUT2D eigenvalue weighted by Gasteiger charge is 2.36. The molecule has 0 N–H and O–H groups in total. The Labute approximate surface area is 154 Å². The SMILES string of the molecule is Cc1nnc2c(N3CC(N(C)Cc4ccccc4C(F)(F)F)C3)nccn12. The van der Waals surface area contributed by atoms with E-state index in [2.05, 4.69) is 20.1 Å². The second-order valence-corrected chi connectivity index (χ2v) is 6.82. The summed E-state index contributed by atoms with van der Waals surface area (Å²) in [6, 6.07) is 5.89. The standard InChI is InChI=1S/C18H19F3N6/c1-12-23-24-17-16(22-7-8-27(12)17)26-10-14(11-26)25(2)9-13-5-3-4-6-15(13)18(19,20)21/h3-8,14H,9-11H2,1-2H3. The predicted octanol–water partition coefficient (Wildman–Crippen LogP) is 2.77. The van der Waals surface area contributed by atoms with Gasteiger partial charge in [-0.2, -0.15) is 13.2 Å². The highest BCUT2D eigenvalue weighted by atomic mass is 19.4. The second-order valence-electron chi connectivity index (χ2n) is 6.82. The molecule has 2 aromatic heterocycles. The van der Waals surface area contributed by atoms with Crippen molar-refractivity contribution in [2.24, 2.45) is 0 Å². The van der Waals surface area contributed by atoms with Gasteiger partial charge in [0.05, 0.1) is 5.56 Å². The van der Waals surface area contributed by atoms with Gasteiger partial charge in [-0.1, -0.05) is 18.2 Å². The van der Waals surface area contributed by atoms with Crippen LogP contribution < -0.4 is 4.90 Å². The minimum atomic E-state index is -4.34. The highest BCUT2D eigenvalue weighted by Crippen LogP contribution is 2.33. The topological polar surface area (TPSA) is 49.6 Å². The molecule has 0 saturated carbocycles. The Morgan fingerprint density at radius 3 is 2.67 bits per heavy atom. The summed E-state index contributed by atoms with van der Waals surface area (Å²) in [5.41, 5.74) is 0.413. The fraction of sp³-hybridized carbons (Fsp3) is 0.389. The molecule has 0 spiro atoms. The number of halogens is 3. The van der Waals surface area contributed by atoms with Gasteiger partial charge in [-0.05, 0) is 25.6 Å². The van der Waals surface area contributed by atoms with Crippen molar-refractivity contribution in [2.45, 2.75) is 25.7 Å². The van der Waals surface area contributed by atoms with Gasteiger partial charge in [0.25, 0.3) is 0 Å². The summed E-state index contributed by atoms with van der Waals surface area (Å²) < 4.78 is 41.4. The molecule has 1 aromatic carbocycles. The number of hydrogen-bond acceptors (Lipinski definition) is 5. The third-order valence-electron chi connectivity index (χ3n) is 5.01. The lowest BCUT2D eigenvalue weighted by atomic mass is 10.0. The first-order valence-corrected chi connectivity index (χ1v) is 8.61. The average molecular weight is 376 g/mol. The molecule has 9 heteroatoms. The van der Waals surface area contributed by atoms with E-state index in [4.69, 9.17) is 0 Å². The first-order chi connectivity index (χ1) is 12.8. The molecule has 27 heavy (non-hydrogen) atoms. The number of hydrogen-bond donors (Lipinski definition) is 0. The molecule has 6 nitrogen and oxygen atoms in total. The minimum Gasteiger partial charge on any atom is -0.350 e. The molecule has 3 heterocycles. The van der Waals surface area contributed by atoms with Crippen molar-refractivity contribution < 1.29 is 13.2 Å². The molecule has 0 radical (unpaired) electrons. The van der Waals surface area contributed by atoms with E-state index in [-0.39, 0.29) is 12.6 Å². The molecular weight excluding hydrogens is 357 g/mol. The normalized spacial score (nSPS) is 15.6. The molecule has 0 amide bonds. The third-order valence-corrected chi connectivity index (χ3v) is 5.01. The number of aromatic nitrogens is 4. The number of likely N-dealkylation sites (N-methyl/N-ethyl adjacent to an activating group) is 1. The van der Waals surface area contributed by atoms with E-state index in [1.165, 1.54) is 12.1 Å². The van der Waals surface area contributed by atoms with Gasteiger partial charge in [-0.3, -0.25) is 9.30 Å². The van der Waals surface area contributed by atoms with Crippen LogP contribution in [0.5, 0.6) is 0 Å². The molecule has 1 aliphatic heterocycles. The van der Waals surface area contributed by atoms with Crippen LogP contribution in [0.1, 0.15) is 17.0 Å². The van der Waals surface area contributed by atoms with Gasteiger partial charge in [0, 0.05) is 38.1 Å². The average Bonchev–Trinajstić information content (AvgIpc) is 2.95. The second kappa shape index (κ2) is 6.49. The fourth-order valence-corrected chi connectivity index (χ4v) is 3.39. The molecule has 1 saturated heterocycles. The first-order valence-electron chi connectivity index (χ1n) is 8.61. The van der Waals surface area contributed by atoms with Crippen molar-refractivity contribution in [2.75, 3.05) is 25.0 Å². The Balaban J connectivity index is 1.46. The smallest absolute Gasteiger partial charge is 0.350 e. The van der Waals surface area contributed by atoms with Crippen LogP contribution in [-0.2, 0) is 12.7 Å². The molecule has 142 valence electrons. The van der Waals surface area contributed by atoms with Gasteiger partial charge in [-0.25, -0.2) is 4.98 Å². The van der Waals surface area contributed by atoms with Gasteiger partial charge in [-0.15, -0.1) is 10.2 Å². The van der Waals surface area contributed by atoms with Crippen molar-refractivity contribution in [1.82, 2.24) is 24.5 Å². The number of anilines is 1. The quantitative estimate of drug-likeness (QED) is 0.701. The summed E-state index contributed by atoms with van der Waals surface area (Å²) in [5.74, 6) is 1.53. The Bertz CT molecular complexity index is 961. The summed E-state index contributed by atoms with van der Waals surface area (Å²) in [7, 11) is 1.85. The van der Waals surface area contributed by atoms with Crippen LogP contribution in [-0.4, -0.2) is 50.7 Å². The lowest BCUT2D eigenvalue weighted by Gasteiger charge is -2.44. The molecule has 3 aromatic rings. The molecule has 0 bridgehead atoms. The Morgan fingerprint density at radius 2 is 1.93 bits per heavy atom. The van der Waals surface area contributed by atoms with Crippen molar-refractivity contribution in [1.29, 1.82) is 0 Å². The lowest BCUT2D eigenvalue weighted by Crippen LogP contribution is -2.58. The van der Waals surface area contributed by atoms with Crippen LogP contribution in [0.15, 0.2) is 36.7 Å². The Morgan fingerprint density at radius 1 is 1.19 bits per heavy atom. The molecule has 1 fully saturated rings. The van der Waals surface area contributed by atoms with Crippen molar-refractivity contribution in [3.05, 3.63) is 53.6 Å². The van der Waals surface area contributed by atoms with Crippen LogP contribution in [0.25, 0.3) is 5.65 Å². The van der Waals surface area contributed by atoms with Crippen LogP contribution in [0.3, 0.4) is 0 Å². The van der Waals surface area contributed by atoms with Gasteiger partial charge in [0.15, 0.2) is 5.82 Å². The van der Waals surface area contributed by atoms with E-state index in [1.807, 2.05) is 29.5 Å². The molecule has 0 atom stereocenters. The number of benzene rings is 1. The molecule has 4 rings (SSSR count). The van der Waals surface area contributed by atoms with E-state index in [0.717, 1.165) is 17.7 Å². The first kappa shape index (κ1) is 17.7. The van der Waals surface area contributed by atoms with Gasteiger partial charge < -0.3 is 4.90 Å². The Kier molecular flexibility index (Phi) is 4.26. The molecule has 0 aliphatic carbocycles. The summed E-state index contributed by atoms with van der Waals surface area (Å²) in [5, 5.41) is 8.24. The number of rotatable bonds is 4. The van der Waals surface area contributed by atoms with E-state index in [9.17, 15) is 13.2 Å². The zero-order valence-corrected chi connectivity index (χ0v) is 15.0. The van der Waals surface area contributed by atoms with Crippen LogP contribution in [0, 0.1) is 6.92 Å². The molecular formula is C18H19F3N6. The summed E-state index contributed by atoms with van der Waals surface area (Å²) in [4.78, 5) is 8.43. The van der Waals surface area contributed by atoms with Gasteiger partial charge >= 0.3 is 6.18 Å². The zero-order valence-electron chi connectivity index (χ0n) is 15.0. The van der Waals surface area contributed by atoms with Crippen LogP contribution in [0.4, 0.5) is 19.0 Å². The maximum absolute atomic E-state index is 13.2. The number of fused-ring (bicyclic) bond motifs is 1. The van der Waals surface area contributed by atoms with E-state index >= 15 is 0 Å². The number of alkyl halides is 3. The summed E-state index contributed by atoms with van der Waals surface area (Å²) in [6.07, 6.45) is -0.824. The number of aryl methyl sites for hydroxylation is 1. The molecule has 1 aliphatic rings. The van der Waals surface area contributed by atoms with E-state index in [0.29, 0.717) is 24.3 Å². The lowest BCUT2D eigenvalue weighted by molar-refractivity contribution is -0.138. The van der Waals surface area contributed by atoms with Crippen molar-refractivity contribution in [3.8, 4) is 0 Å². The van der Waals surface area contributed by atoms with Crippen LogP contribution >= 0.6 is 0 Å². The van der Waals surface area contributed by atoms with Crippen LogP contribution in [0.2, 0.25) is 0 Å². The van der Waals surface area contributed by atoms with Gasteiger partial charge in [0.2, 0.25) is 5.65 Å². The van der Waals surface area contributed by atoms with Crippen molar-refractivity contribution >= 4 is 11.5 Å². The van der Waals surface area contributed by atoms with Gasteiger partial charge in [0.1, 0.15) is 5.82 Å². The minimum absolute atomic E-state index is 0.150. The summed E-state index contributed by atoms with van der Waals surface area (Å²) >= 11 is 0. The number of nitrogens with zero attached hydrogens (tertiary/aromatic N) is 6. The summed E-state index contributed by atoms with van der Waals surface area (Å²) in [6.45, 7) is 3.48. The Hall–Kier alpha value is -2.68. The maximum Gasteiger partial charge on any atom is 0.416 e. The third kappa shape index (κ3) is 3.23. The monoisotopic (exact) mass is 376 g/mol. The largest absolute Gasteiger partial charge is 0.416 e. The highest BCUT2D eigenvalue weighted by molar-refractivity contribution is 5.65. The maximum atomic E-state index is 13.2. The van der Waals surface area contributed by atoms with Crippen molar-refractivity contribution in [3.63, 3.8) is 0 Å². The van der Waals surface area contributed by atoms with E-state index < -0.39 is 11.7 Å².